The first-order valence-electron chi connectivity index (χ1n) is 3.78. The van der Waals surface area contributed by atoms with Gasteiger partial charge in [0.2, 0.25) is 0 Å². The van der Waals surface area contributed by atoms with E-state index in [1.54, 1.807) is 6.08 Å². The van der Waals surface area contributed by atoms with Crippen molar-refractivity contribution in [2.75, 3.05) is 0 Å². The van der Waals surface area contributed by atoms with E-state index in [0.717, 1.165) is 12.8 Å². The van der Waals surface area contributed by atoms with Crippen LogP contribution in [0.25, 0.3) is 0 Å². The van der Waals surface area contributed by atoms with Gasteiger partial charge >= 0.3 is 14.2 Å². The second kappa shape index (κ2) is 6.71. The Morgan fingerprint density at radius 1 is 1.62 bits per heavy atom. The van der Waals surface area contributed by atoms with E-state index in [0.29, 0.717) is 5.57 Å². The molecule has 0 aliphatic carbocycles. The molecule has 0 saturated heterocycles. The van der Waals surface area contributed by atoms with Crippen molar-refractivity contribution < 1.29 is 23.8 Å². The molecule has 0 aromatic heterocycles. The Labute approximate surface area is 77.2 Å². The van der Waals surface area contributed by atoms with Gasteiger partial charge in [-0.2, -0.15) is 0 Å². The molecule has 5 nitrogen and oxygen atoms in total. The van der Waals surface area contributed by atoms with E-state index in [9.17, 15) is 14.3 Å². The first-order chi connectivity index (χ1) is 6.07. The van der Waals surface area contributed by atoms with Crippen LogP contribution in [-0.4, -0.2) is 5.97 Å². The third kappa shape index (κ3) is 6.40. The van der Waals surface area contributed by atoms with Crippen LogP contribution in [0.1, 0.15) is 26.7 Å². The molecule has 0 N–H and O–H groups in total. The average Bonchev–Trinajstić information content (AvgIpc) is 2.10. The SMILES string of the molecule is CCCC=C(C)C(=O)OO[P+](=O)[O-]. The first-order valence-corrected chi connectivity index (χ1v) is 4.87. The summed E-state index contributed by atoms with van der Waals surface area (Å²) in [5.41, 5.74) is 0.332. The highest BCUT2D eigenvalue weighted by Gasteiger charge is 2.11. The molecule has 0 heterocycles. The number of carbonyl (C=O) groups is 1. The summed E-state index contributed by atoms with van der Waals surface area (Å²) in [6, 6.07) is 0. The van der Waals surface area contributed by atoms with Gasteiger partial charge < -0.3 is 4.89 Å². The fourth-order valence-electron chi connectivity index (χ4n) is 0.574. The molecule has 0 radical (unpaired) electrons. The van der Waals surface area contributed by atoms with Crippen LogP contribution in [0.15, 0.2) is 11.6 Å². The molecule has 13 heavy (non-hydrogen) atoms. The smallest absolute Gasteiger partial charge is 0.535 e. The van der Waals surface area contributed by atoms with Crippen LogP contribution in [0.3, 0.4) is 0 Å². The van der Waals surface area contributed by atoms with Gasteiger partial charge in [-0.25, -0.2) is 9.68 Å². The Bertz CT molecular complexity index is 223. The van der Waals surface area contributed by atoms with E-state index >= 15 is 0 Å². The van der Waals surface area contributed by atoms with Crippen molar-refractivity contribution in [3.63, 3.8) is 0 Å². The Morgan fingerprint density at radius 3 is 2.69 bits per heavy atom. The van der Waals surface area contributed by atoms with Gasteiger partial charge in [-0.05, 0) is 17.9 Å². The van der Waals surface area contributed by atoms with Gasteiger partial charge in [-0.3, -0.25) is 0 Å². The standard InChI is InChI=1S/C7H11O5P/c1-3-4-5-6(2)7(8)11-12-13(9)10/h5H,3-4H2,1-2H3. The van der Waals surface area contributed by atoms with Crippen LogP contribution in [-0.2, 0) is 18.9 Å². The minimum Gasteiger partial charge on any atom is -0.564 e. The van der Waals surface area contributed by atoms with Crippen LogP contribution >= 0.6 is 8.25 Å². The van der Waals surface area contributed by atoms with Gasteiger partial charge in [-0.15, -0.1) is 0 Å². The predicted molar refractivity (Wildman–Crippen MR) is 43.4 cm³/mol. The van der Waals surface area contributed by atoms with Crippen molar-refractivity contribution in [1.29, 1.82) is 0 Å². The summed E-state index contributed by atoms with van der Waals surface area (Å²) < 4.78 is 13.5. The van der Waals surface area contributed by atoms with Crippen molar-refractivity contribution in [2.45, 2.75) is 26.7 Å². The summed E-state index contributed by atoms with van der Waals surface area (Å²) in [6.45, 7) is 3.49. The molecule has 0 aromatic carbocycles. The quantitative estimate of drug-likeness (QED) is 0.292. The maximum absolute atomic E-state index is 10.9. The maximum Gasteiger partial charge on any atom is 0.535 e. The van der Waals surface area contributed by atoms with Crippen molar-refractivity contribution in [2.24, 2.45) is 0 Å². The molecular formula is C7H11O5P. The Kier molecular flexibility index (Phi) is 6.32. The summed E-state index contributed by atoms with van der Waals surface area (Å²) in [4.78, 5) is 24.7. The van der Waals surface area contributed by atoms with Gasteiger partial charge in [0.15, 0.2) is 0 Å². The summed E-state index contributed by atoms with van der Waals surface area (Å²) >= 11 is 0. The number of hydrogen-bond acceptors (Lipinski definition) is 5. The normalized spacial score (nSPS) is 12.5. The van der Waals surface area contributed by atoms with E-state index in [-0.39, 0.29) is 0 Å². The fraction of sp³-hybridized carbons (Fsp3) is 0.571. The molecule has 0 amide bonds. The van der Waals surface area contributed by atoms with Crippen LogP contribution in [0, 0.1) is 0 Å². The number of carbonyl (C=O) groups excluding carboxylic acids is 1. The van der Waals surface area contributed by atoms with Crippen LogP contribution < -0.4 is 4.89 Å². The number of rotatable bonds is 5. The van der Waals surface area contributed by atoms with E-state index in [1.165, 1.54) is 6.92 Å². The van der Waals surface area contributed by atoms with Gasteiger partial charge in [0.05, 0.1) is 4.67 Å². The molecule has 0 rings (SSSR count). The molecule has 0 spiro atoms. The molecule has 0 saturated carbocycles. The van der Waals surface area contributed by atoms with Crippen molar-refractivity contribution in [1.82, 2.24) is 0 Å². The Morgan fingerprint density at radius 2 is 2.23 bits per heavy atom. The highest BCUT2D eigenvalue weighted by Crippen LogP contribution is 2.11. The lowest BCUT2D eigenvalue weighted by atomic mass is 10.2. The first kappa shape index (κ1) is 12.2. The lowest BCUT2D eigenvalue weighted by molar-refractivity contribution is -0.259. The predicted octanol–water partition coefficient (Wildman–Crippen LogP) is 1.23. The minimum absolute atomic E-state index is 0.332. The van der Waals surface area contributed by atoms with Crippen molar-refractivity contribution in [3.8, 4) is 0 Å². The lowest BCUT2D eigenvalue weighted by Crippen LogP contribution is -2.05. The van der Waals surface area contributed by atoms with Gasteiger partial charge in [-0.1, -0.05) is 19.4 Å². The van der Waals surface area contributed by atoms with Crippen LogP contribution in [0.4, 0.5) is 0 Å². The number of unbranched alkanes of at least 4 members (excludes halogenated alkanes) is 1. The topological polar surface area (TPSA) is 75.7 Å². The summed E-state index contributed by atoms with van der Waals surface area (Å²) in [7, 11) is -3.14. The van der Waals surface area contributed by atoms with E-state index < -0.39 is 14.2 Å². The number of hydrogen-bond donors (Lipinski definition) is 0. The highest BCUT2D eigenvalue weighted by molar-refractivity contribution is 7.30. The zero-order chi connectivity index (χ0) is 10.3. The molecular weight excluding hydrogens is 195 g/mol. The molecule has 1 unspecified atom stereocenters. The van der Waals surface area contributed by atoms with E-state index in [1.807, 2.05) is 6.92 Å². The second-order valence-corrected chi connectivity index (χ2v) is 2.94. The number of allylic oxidation sites excluding steroid dienone is 1. The zero-order valence-electron chi connectivity index (χ0n) is 7.48. The average molecular weight is 206 g/mol. The summed E-state index contributed by atoms with van der Waals surface area (Å²) in [5.74, 6) is -0.785. The Hall–Kier alpha value is -0.770. The van der Waals surface area contributed by atoms with Crippen LogP contribution in [0.2, 0.25) is 0 Å². The molecule has 0 aliphatic heterocycles. The molecule has 1 atom stereocenters. The molecule has 74 valence electrons. The molecule has 0 aromatic rings. The summed E-state index contributed by atoms with van der Waals surface area (Å²) in [5, 5.41) is 0. The zero-order valence-corrected chi connectivity index (χ0v) is 8.37. The molecule has 0 fully saturated rings. The molecule has 0 aliphatic rings. The van der Waals surface area contributed by atoms with E-state index in [2.05, 4.69) is 9.56 Å². The van der Waals surface area contributed by atoms with Gasteiger partial charge in [0.25, 0.3) is 0 Å². The largest absolute Gasteiger partial charge is 0.564 e. The monoisotopic (exact) mass is 206 g/mol. The fourth-order valence-corrected chi connectivity index (χ4v) is 0.703. The maximum atomic E-state index is 10.9. The lowest BCUT2D eigenvalue weighted by Gasteiger charge is -1.95. The summed E-state index contributed by atoms with van der Waals surface area (Å²) in [6.07, 6.45) is 3.30. The third-order valence-electron chi connectivity index (χ3n) is 1.23. The third-order valence-corrected chi connectivity index (χ3v) is 1.43. The van der Waals surface area contributed by atoms with Crippen molar-refractivity contribution in [3.05, 3.63) is 11.6 Å². The highest BCUT2D eigenvalue weighted by atomic mass is 31.1. The van der Waals surface area contributed by atoms with Gasteiger partial charge in [0.1, 0.15) is 0 Å². The van der Waals surface area contributed by atoms with E-state index in [4.69, 9.17) is 0 Å². The van der Waals surface area contributed by atoms with Crippen molar-refractivity contribution >= 4 is 14.2 Å². The van der Waals surface area contributed by atoms with Gasteiger partial charge in [0, 0.05) is 5.57 Å². The molecule has 6 heteroatoms. The Balaban J connectivity index is 3.89. The molecule has 0 bridgehead atoms. The minimum atomic E-state index is -3.14. The second-order valence-electron chi connectivity index (χ2n) is 2.34. The van der Waals surface area contributed by atoms with Crippen LogP contribution in [0.5, 0.6) is 0 Å².